The number of carbonyl (C=O) groups is 1. The van der Waals surface area contributed by atoms with E-state index in [1.54, 1.807) is 0 Å². The van der Waals surface area contributed by atoms with E-state index in [1.165, 1.54) is 6.20 Å². The van der Waals surface area contributed by atoms with Crippen LogP contribution in [-0.4, -0.2) is 29.3 Å². The number of nitrogens with zero attached hydrogens (tertiary/aromatic N) is 1. The molecule has 0 bridgehead atoms. The molecule has 2 rings (SSSR count). The third-order valence-electron chi connectivity index (χ3n) is 2.50. The van der Waals surface area contributed by atoms with Crippen molar-refractivity contribution < 1.29 is 14.4 Å². The van der Waals surface area contributed by atoms with Crippen molar-refractivity contribution in [2.75, 3.05) is 13.1 Å². The number of hydrogen-bond acceptors (Lipinski definition) is 4. The number of carboxylic acid groups (broad SMARTS) is 1. The molecule has 1 atom stereocenters. The normalized spacial score (nSPS) is 22.1. The molecule has 0 spiro atoms. The first-order valence-electron chi connectivity index (χ1n) is 4.67. The predicted octanol–water partition coefficient (Wildman–Crippen LogP) is 0.840. The fourth-order valence-corrected chi connectivity index (χ4v) is 1.78. The Hall–Kier alpha value is -1.36. The maximum Gasteiger partial charge on any atom is 0.340 e. The molecule has 0 amide bonds. The van der Waals surface area contributed by atoms with Crippen molar-refractivity contribution in [2.45, 2.75) is 18.8 Å². The second-order valence-corrected chi connectivity index (χ2v) is 3.45. The summed E-state index contributed by atoms with van der Waals surface area (Å²) in [6.45, 7) is 1.77. The SMILES string of the molecule is O=C(O)c1cnoc1C1CCCNC1. The van der Waals surface area contributed by atoms with Crippen LogP contribution in [-0.2, 0) is 0 Å². The molecule has 1 aliphatic heterocycles. The minimum Gasteiger partial charge on any atom is -0.478 e. The van der Waals surface area contributed by atoms with Crippen LogP contribution in [0.4, 0.5) is 0 Å². The molecule has 0 aliphatic carbocycles. The average molecular weight is 196 g/mol. The van der Waals surface area contributed by atoms with Crippen molar-refractivity contribution in [3.63, 3.8) is 0 Å². The number of rotatable bonds is 2. The summed E-state index contributed by atoms with van der Waals surface area (Å²) in [5.74, 6) is -0.311. The Morgan fingerprint density at radius 2 is 2.57 bits per heavy atom. The molecule has 0 radical (unpaired) electrons. The highest BCUT2D eigenvalue weighted by atomic mass is 16.5. The Kier molecular flexibility index (Phi) is 2.49. The fourth-order valence-electron chi connectivity index (χ4n) is 1.78. The first kappa shape index (κ1) is 9.21. The van der Waals surface area contributed by atoms with Gasteiger partial charge in [0.15, 0.2) is 5.76 Å². The summed E-state index contributed by atoms with van der Waals surface area (Å²) in [4.78, 5) is 10.8. The predicted molar refractivity (Wildman–Crippen MR) is 48.3 cm³/mol. The van der Waals surface area contributed by atoms with Crippen molar-refractivity contribution in [1.82, 2.24) is 10.5 Å². The minimum atomic E-state index is -0.966. The Morgan fingerprint density at radius 3 is 3.21 bits per heavy atom. The van der Waals surface area contributed by atoms with Crippen molar-refractivity contribution in [1.29, 1.82) is 0 Å². The number of carboxylic acids is 1. The van der Waals surface area contributed by atoms with Crippen LogP contribution in [0.1, 0.15) is 34.9 Å². The van der Waals surface area contributed by atoms with E-state index in [9.17, 15) is 4.79 Å². The van der Waals surface area contributed by atoms with Crippen LogP contribution in [0.25, 0.3) is 0 Å². The quantitative estimate of drug-likeness (QED) is 0.733. The van der Waals surface area contributed by atoms with Gasteiger partial charge in [0.25, 0.3) is 0 Å². The average Bonchev–Trinajstić information content (AvgIpc) is 2.67. The third kappa shape index (κ3) is 1.63. The van der Waals surface area contributed by atoms with E-state index >= 15 is 0 Å². The number of aromatic nitrogens is 1. The molecule has 1 saturated heterocycles. The van der Waals surface area contributed by atoms with Gasteiger partial charge in [0.05, 0.1) is 6.20 Å². The molecule has 5 heteroatoms. The summed E-state index contributed by atoms with van der Waals surface area (Å²) in [5, 5.41) is 15.6. The molecule has 76 valence electrons. The van der Waals surface area contributed by atoms with E-state index in [1.807, 2.05) is 0 Å². The third-order valence-corrected chi connectivity index (χ3v) is 2.50. The lowest BCUT2D eigenvalue weighted by atomic mass is 9.95. The monoisotopic (exact) mass is 196 g/mol. The molecule has 1 aliphatic rings. The maximum atomic E-state index is 10.8. The molecule has 14 heavy (non-hydrogen) atoms. The maximum absolute atomic E-state index is 10.8. The molecule has 0 aromatic carbocycles. The lowest BCUT2D eigenvalue weighted by Crippen LogP contribution is -2.28. The number of piperidine rings is 1. The summed E-state index contributed by atoms with van der Waals surface area (Å²) < 4.78 is 4.99. The van der Waals surface area contributed by atoms with Crippen LogP contribution in [0.3, 0.4) is 0 Å². The highest BCUT2D eigenvalue weighted by Crippen LogP contribution is 2.25. The van der Waals surface area contributed by atoms with Gasteiger partial charge in [-0.3, -0.25) is 0 Å². The fraction of sp³-hybridized carbons (Fsp3) is 0.556. The Balaban J connectivity index is 2.21. The smallest absolute Gasteiger partial charge is 0.340 e. The highest BCUT2D eigenvalue weighted by molar-refractivity contribution is 5.88. The summed E-state index contributed by atoms with van der Waals surface area (Å²) in [5.41, 5.74) is 0.193. The Bertz CT molecular complexity index is 329. The second kappa shape index (κ2) is 3.79. The molecule has 0 saturated carbocycles. The van der Waals surface area contributed by atoms with Gasteiger partial charge in [-0.2, -0.15) is 0 Å². The Labute approximate surface area is 81.1 Å². The molecule has 1 fully saturated rings. The zero-order valence-electron chi connectivity index (χ0n) is 7.69. The van der Waals surface area contributed by atoms with Crippen molar-refractivity contribution in [3.05, 3.63) is 17.5 Å². The zero-order chi connectivity index (χ0) is 9.97. The first-order chi connectivity index (χ1) is 6.79. The van der Waals surface area contributed by atoms with Crippen molar-refractivity contribution in [2.24, 2.45) is 0 Å². The van der Waals surface area contributed by atoms with E-state index in [0.29, 0.717) is 5.76 Å². The van der Waals surface area contributed by atoms with Crippen LogP contribution in [0.2, 0.25) is 0 Å². The van der Waals surface area contributed by atoms with Crippen LogP contribution < -0.4 is 5.32 Å². The van der Waals surface area contributed by atoms with Gasteiger partial charge in [-0.1, -0.05) is 5.16 Å². The molecule has 2 N–H and O–H groups in total. The summed E-state index contributed by atoms with van der Waals surface area (Å²) >= 11 is 0. The van der Waals surface area contributed by atoms with Crippen LogP contribution in [0.5, 0.6) is 0 Å². The second-order valence-electron chi connectivity index (χ2n) is 3.45. The van der Waals surface area contributed by atoms with Gasteiger partial charge in [0.1, 0.15) is 5.56 Å². The van der Waals surface area contributed by atoms with Crippen molar-refractivity contribution in [3.8, 4) is 0 Å². The molecular weight excluding hydrogens is 184 g/mol. The number of aromatic carboxylic acids is 1. The number of hydrogen-bond donors (Lipinski definition) is 2. The Morgan fingerprint density at radius 1 is 1.71 bits per heavy atom. The minimum absolute atomic E-state index is 0.150. The van der Waals surface area contributed by atoms with E-state index < -0.39 is 5.97 Å². The largest absolute Gasteiger partial charge is 0.478 e. The zero-order valence-corrected chi connectivity index (χ0v) is 7.69. The summed E-state index contributed by atoms with van der Waals surface area (Å²) in [6.07, 6.45) is 3.28. The molecule has 1 aromatic heterocycles. The molecule has 2 heterocycles. The first-order valence-corrected chi connectivity index (χ1v) is 4.67. The topological polar surface area (TPSA) is 75.4 Å². The van der Waals surface area contributed by atoms with Gasteiger partial charge in [0, 0.05) is 12.5 Å². The van der Waals surface area contributed by atoms with E-state index in [-0.39, 0.29) is 11.5 Å². The van der Waals surface area contributed by atoms with E-state index in [0.717, 1.165) is 25.9 Å². The summed E-state index contributed by atoms with van der Waals surface area (Å²) in [6, 6.07) is 0. The highest BCUT2D eigenvalue weighted by Gasteiger charge is 2.25. The standard InChI is InChI=1S/C9H12N2O3/c12-9(13)7-5-11-14-8(7)6-2-1-3-10-4-6/h5-6,10H,1-4H2,(H,12,13). The van der Waals surface area contributed by atoms with Gasteiger partial charge >= 0.3 is 5.97 Å². The molecule has 5 nitrogen and oxygen atoms in total. The van der Waals surface area contributed by atoms with Gasteiger partial charge in [-0.25, -0.2) is 4.79 Å². The van der Waals surface area contributed by atoms with Gasteiger partial charge in [0.2, 0.25) is 0 Å². The van der Waals surface area contributed by atoms with Crippen LogP contribution in [0.15, 0.2) is 10.7 Å². The number of nitrogens with one attached hydrogen (secondary N) is 1. The van der Waals surface area contributed by atoms with Crippen LogP contribution >= 0.6 is 0 Å². The molecule has 1 unspecified atom stereocenters. The van der Waals surface area contributed by atoms with Crippen LogP contribution in [0, 0.1) is 0 Å². The molecular formula is C9H12N2O3. The van der Waals surface area contributed by atoms with Gasteiger partial charge in [-0.05, 0) is 19.4 Å². The van der Waals surface area contributed by atoms with E-state index in [4.69, 9.17) is 9.63 Å². The van der Waals surface area contributed by atoms with Crippen molar-refractivity contribution >= 4 is 5.97 Å². The lowest BCUT2D eigenvalue weighted by Gasteiger charge is -2.20. The lowest BCUT2D eigenvalue weighted by molar-refractivity contribution is 0.0693. The summed E-state index contributed by atoms with van der Waals surface area (Å²) in [7, 11) is 0. The van der Waals surface area contributed by atoms with E-state index in [2.05, 4.69) is 10.5 Å². The van der Waals surface area contributed by atoms with Gasteiger partial charge < -0.3 is 14.9 Å². The molecule has 1 aromatic rings. The van der Waals surface area contributed by atoms with Gasteiger partial charge in [-0.15, -0.1) is 0 Å².